The molecule has 1 aliphatic heterocycles. The Hall–Kier alpha value is -2.93. The van der Waals surface area contributed by atoms with Crippen molar-refractivity contribution in [3.8, 4) is 0 Å². The number of carbonyl (C=O) groups is 1. The minimum absolute atomic E-state index is 0.106. The van der Waals surface area contributed by atoms with Crippen molar-refractivity contribution in [2.75, 3.05) is 25.1 Å². The first kappa shape index (κ1) is 29.1. The highest BCUT2D eigenvalue weighted by Gasteiger charge is 2.42. The smallest absolute Gasteiger partial charge is 0.410 e. The lowest BCUT2D eigenvalue weighted by Gasteiger charge is -2.38. The van der Waals surface area contributed by atoms with E-state index in [0.29, 0.717) is 26.2 Å². The van der Waals surface area contributed by atoms with Gasteiger partial charge >= 0.3 is 6.09 Å². The number of carbonyl (C=O) groups excluding carboxylic acids is 1. The number of hydrogen-bond donors (Lipinski definition) is 0. The molecule has 39 heavy (non-hydrogen) atoms. The van der Waals surface area contributed by atoms with E-state index < -0.39 is 11.2 Å². The summed E-state index contributed by atoms with van der Waals surface area (Å²) in [6, 6.07) is 30.6. The lowest BCUT2D eigenvalue weighted by atomic mass is 9.80. The van der Waals surface area contributed by atoms with Gasteiger partial charge in [-0.3, -0.25) is 0 Å². The molecule has 3 aromatic rings. The van der Waals surface area contributed by atoms with Gasteiger partial charge in [0.25, 0.3) is 0 Å². The molecule has 3 aromatic carbocycles. The lowest BCUT2D eigenvalue weighted by Crippen LogP contribution is -2.44. The van der Waals surface area contributed by atoms with Crippen LogP contribution in [0.3, 0.4) is 0 Å². The third-order valence-electron chi connectivity index (χ3n) is 6.72. The molecule has 5 nitrogen and oxygen atoms in total. The van der Waals surface area contributed by atoms with Gasteiger partial charge in [-0.2, -0.15) is 0 Å². The van der Waals surface area contributed by atoms with Crippen molar-refractivity contribution in [2.24, 2.45) is 0 Å². The van der Waals surface area contributed by atoms with Crippen LogP contribution in [0.2, 0.25) is 0 Å². The van der Waals surface area contributed by atoms with Gasteiger partial charge in [-0.05, 0) is 43.9 Å². The Morgan fingerprint density at radius 1 is 0.872 bits per heavy atom. The van der Waals surface area contributed by atoms with E-state index >= 15 is 0 Å². The van der Waals surface area contributed by atoms with Crippen LogP contribution in [0, 0.1) is 0 Å². The minimum Gasteiger partial charge on any atom is -0.444 e. The van der Waals surface area contributed by atoms with E-state index in [1.807, 2.05) is 87.5 Å². The number of halogens is 1. The maximum Gasteiger partial charge on any atom is 0.410 e. The predicted molar refractivity (Wildman–Crippen MR) is 159 cm³/mol. The largest absolute Gasteiger partial charge is 0.444 e. The Kier molecular flexibility index (Phi) is 10.0. The number of allylic oxidation sites excluding steroid dienone is 1. The first-order chi connectivity index (χ1) is 18.8. The van der Waals surface area contributed by atoms with E-state index in [1.54, 1.807) is 4.90 Å². The van der Waals surface area contributed by atoms with Gasteiger partial charge in [0.1, 0.15) is 11.2 Å². The van der Waals surface area contributed by atoms with Crippen molar-refractivity contribution in [1.29, 1.82) is 0 Å². The van der Waals surface area contributed by atoms with Gasteiger partial charge in [0.15, 0.2) is 0 Å². The average Bonchev–Trinajstić information content (AvgIpc) is 3.36. The summed E-state index contributed by atoms with van der Waals surface area (Å²) in [7, 11) is 0. The molecule has 1 amide bonds. The van der Waals surface area contributed by atoms with Gasteiger partial charge in [0, 0.05) is 5.33 Å². The molecule has 2 unspecified atom stereocenters. The monoisotopic (exact) mass is 591 g/mol. The van der Waals surface area contributed by atoms with E-state index in [0.717, 1.165) is 22.0 Å². The fraction of sp³-hybridized carbons (Fsp3) is 0.364. The number of alkyl halides is 1. The molecule has 2 atom stereocenters. The third-order valence-corrected chi connectivity index (χ3v) is 7.09. The van der Waals surface area contributed by atoms with Gasteiger partial charge in [-0.15, -0.1) is 0 Å². The maximum absolute atomic E-state index is 13.3. The van der Waals surface area contributed by atoms with Gasteiger partial charge in [0.2, 0.25) is 0 Å². The fourth-order valence-corrected chi connectivity index (χ4v) is 5.27. The summed E-state index contributed by atoms with van der Waals surface area (Å²) in [6.07, 6.45) is 4.21. The molecular formula is C33H38BrNO4. The molecule has 6 heteroatoms. The minimum atomic E-state index is -0.860. The first-order valence-electron chi connectivity index (χ1n) is 13.5. The average molecular weight is 593 g/mol. The molecule has 1 aliphatic rings. The topological polar surface area (TPSA) is 48.0 Å². The van der Waals surface area contributed by atoms with Crippen LogP contribution < -0.4 is 0 Å². The molecule has 4 rings (SSSR count). The Morgan fingerprint density at radius 3 is 1.85 bits per heavy atom. The van der Waals surface area contributed by atoms with E-state index in [1.165, 1.54) is 0 Å². The Balaban J connectivity index is 1.68. The van der Waals surface area contributed by atoms with Crippen molar-refractivity contribution in [2.45, 2.75) is 50.5 Å². The molecule has 0 spiro atoms. The standard InChI is InChI=1S/C33H38BrNO4/c1-32(2,3)39-31(36)35-24-30(37-22-14-13-21-34)23-29(35)25-38-33(26-15-7-4-8-16-26,27-17-9-5-10-18-27)28-19-11-6-12-20-28/h4-20,29-30H,21-25H2,1-3H3. The second-order valence-corrected chi connectivity index (χ2v) is 11.3. The molecular weight excluding hydrogens is 554 g/mol. The quantitative estimate of drug-likeness (QED) is 0.140. The number of benzene rings is 3. The van der Waals surface area contributed by atoms with Crippen LogP contribution >= 0.6 is 15.9 Å². The van der Waals surface area contributed by atoms with Crippen LogP contribution in [0.1, 0.15) is 43.9 Å². The Morgan fingerprint density at radius 2 is 1.38 bits per heavy atom. The normalized spacial score (nSPS) is 18.0. The van der Waals surface area contributed by atoms with Crippen LogP contribution in [-0.4, -0.2) is 53.8 Å². The highest BCUT2D eigenvalue weighted by atomic mass is 79.9. The summed E-state index contributed by atoms with van der Waals surface area (Å²) < 4.78 is 19.0. The van der Waals surface area contributed by atoms with Crippen LogP contribution in [-0.2, 0) is 19.8 Å². The number of amides is 1. The number of rotatable bonds is 10. The molecule has 0 aliphatic carbocycles. The van der Waals surface area contributed by atoms with E-state index in [-0.39, 0.29) is 18.2 Å². The SMILES string of the molecule is CC(C)(C)OC(=O)N1CC(OCC=CCBr)CC1COC(c1ccccc1)(c1ccccc1)c1ccccc1. The zero-order valence-corrected chi connectivity index (χ0v) is 24.5. The zero-order valence-electron chi connectivity index (χ0n) is 23.0. The van der Waals surface area contributed by atoms with E-state index in [9.17, 15) is 4.79 Å². The highest BCUT2D eigenvalue weighted by molar-refractivity contribution is 9.09. The summed E-state index contributed by atoms with van der Waals surface area (Å²) in [5.41, 5.74) is 1.62. The summed E-state index contributed by atoms with van der Waals surface area (Å²) in [5.74, 6) is 0. The number of hydrogen-bond acceptors (Lipinski definition) is 4. The van der Waals surface area contributed by atoms with Crippen molar-refractivity contribution < 1.29 is 19.0 Å². The van der Waals surface area contributed by atoms with E-state index in [4.69, 9.17) is 14.2 Å². The molecule has 1 heterocycles. The summed E-state index contributed by atoms with van der Waals surface area (Å²) in [4.78, 5) is 15.1. The second-order valence-electron chi connectivity index (χ2n) is 10.7. The molecule has 0 saturated carbocycles. The number of likely N-dealkylation sites (tertiary alicyclic amines) is 1. The van der Waals surface area contributed by atoms with Gasteiger partial charge in [-0.25, -0.2) is 4.79 Å². The lowest BCUT2D eigenvalue weighted by molar-refractivity contribution is -0.0251. The highest BCUT2D eigenvalue weighted by Crippen LogP contribution is 2.41. The molecule has 1 saturated heterocycles. The molecule has 0 aromatic heterocycles. The Labute approximate surface area is 240 Å². The molecule has 1 fully saturated rings. The summed E-state index contributed by atoms with van der Waals surface area (Å²) in [5, 5.41) is 0.780. The second kappa shape index (κ2) is 13.4. The van der Waals surface area contributed by atoms with Gasteiger partial charge in [-0.1, -0.05) is 119 Å². The van der Waals surface area contributed by atoms with Crippen LogP contribution in [0.4, 0.5) is 4.79 Å². The molecule has 206 valence electrons. The van der Waals surface area contributed by atoms with Crippen LogP contribution in [0.15, 0.2) is 103 Å². The van der Waals surface area contributed by atoms with Crippen molar-refractivity contribution in [3.63, 3.8) is 0 Å². The van der Waals surface area contributed by atoms with Crippen LogP contribution in [0.25, 0.3) is 0 Å². The molecule has 0 N–H and O–H groups in total. The van der Waals surface area contributed by atoms with Gasteiger partial charge in [0.05, 0.1) is 31.9 Å². The van der Waals surface area contributed by atoms with Gasteiger partial charge < -0.3 is 19.1 Å². The van der Waals surface area contributed by atoms with Crippen LogP contribution in [0.5, 0.6) is 0 Å². The molecule has 0 bridgehead atoms. The van der Waals surface area contributed by atoms with Crippen molar-refractivity contribution >= 4 is 22.0 Å². The number of nitrogens with zero attached hydrogens (tertiary/aromatic N) is 1. The fourth-order valence-electron chi connectivity index (χ4n) is 5.01. The number of ether oxygens (including phenoxy) is 3. The zero-order chi connectivity index (χ0) is 27.7. The third kappa shape index (κ3) is 7.38. The van der Waals surface area contributed by atoms with E-state index in [2.05, 4.69) is 52.3 Å². The predicted octanol–water partition coefficient (Wildman–Crippen LogP) is 7.34. The maximum atomic E-state index is 13.3. The first-order valence-corrected chi connectivity index (χ1v) is 14.6. The summed E-state index contributed by atoms with van der Waals surface area (Å²) >= 11 is 3.40. The van der Waals surface area contributed by atoms with Crippen molar-refractivity contribution in [3.05, 3.63) is 120 Å². The molecule has 0 radical (unpaired) electrons. The summed E-state index contributed by atoms with van der Waals surface area (Å²) in [6.45, 7) is 6.92. The van der Waals surface area contributed by atoms with Crippen molar-refractivity contribution in [1.82, 2.24) is 4.90 Å². The Bertz CT molecular complexity index is 1100.